The van der Waals surface area contributed by atoms with Crippen LogP contribution in [-0.2, 0) is 0 Å². The number of ether oxygens (including phenoxy) is 2. The van der Waals surface area contributed by atoms with Gasteiger partial charge in [-0.15, -0.1) is 0 Å². The summed E-state index contributed by atoms with van der Waals surface area (Å²) in [5, 5.41) is 0. The Labute approximate surface area is 106 Å². The molecule has 0 amide bonds. The quantitative estimate of drug-likeness (QED) is 0.775. The summed E-state index contributed by atoms with van der Waals surface area (Å²) >= 11 is 3.36. The molecule has 13 heavy (non-hydrogen) atoms. The van der Waals surface area contributed by atoms with E-state index in [9.17, 15) is 0 Å². The molecule has 0 fully saturated rings. The summed E-state index contributed by atoms with van der Waals surface area (Å²) < 4.78 is 11.5. The van der Waals surface area contributed by atoms with Crippen molar-refractivity contribution in [2.45, 2.75) is 6.92 Å². The van der Waals surface area contributed by atoms with Crippen LogP contribution in [0.25, 0.3) is 0 Å². The predicted molar refractivity (Wildman–Crippen MR) is 59.8 cm³/mol. The van der Waals surface area contributed by atoms with Crippen molar-refractivity contribution in [3.05, 3.63) is 22.7 Å². The van der Waals surface area contributed by atoms with Crippen molar-refractivity contribution in [2.24, 2.45) is 0 Å². The second-order valence-electron chi connectivity index (χ2n) is 2.23. The van der Waals surface area contributed by atoms with Crippen LogP contribution < -0.4 is 9.47 Å². The minimum atomic E-state index is 0. The molecule has 0 radical (unpaired) electrons. The van der Waals surface area contributed by atoms with Crippen molar-refractivity contribution in [1.82, 2.24) is 0 Å². The van der Waals surface area contributed by atoms with Crippen molar-refractivity contribution >= 4 is 39.0 Å². The van der Waals surface area contributed by atoms with E-state index in [1.54, 1.807) is 7.11 Å². The summed E-state index contributed by atoms with van der Waals surface area (Å²) in [4.78, 5) is 0. The summed E-state index contributed by atoms with van der Waals surface area (Å²) in [5.74, 6) is 1.54. The van der Waals surface area contributed by atoms with Gasteiger partial charge in [0, 0.05) is 4.47 Å². The molecule has 0 aliphatic rings. The van der Waals surface area contributed by atoms with Gasteiger partial charge in [0.1, 0.15) is 0 Å². The molecule has 0 N–H and O–H groups in total. The second kappa shape index (κ2) is 6.51. The molecule has 0 aliphatic carbocycles. The molecule has 0 saturated heterocycles. The van der Waals surface area contributed by atoms with Crippen molar-refractivity contribution < 1.29 is 12.3 Å². The van der Waals surface area contributed by atoms with E-state index >= 15 is 0 Å². The van der Waals surface area contributed by atoms with Crippen molar-refractivity contribution in [1.29, 1.82) is 0 Å². The molecule has 1 aromatic rings. The molecule has 1 rings (SSSR count). The van der Waals surface area contributed by atoms with E-state index in [4.69, 9.17) is 9.47 Å². The van der Waals surface area contributed by atoms with Gasteiger partial charge in [-0.05, 0) is 25.1 Å². The molecule has 0 bridgehead atoms. The first-order valence-electron chi connectivity index (χ1n) is 3.74. The van der Waals surface area contributed by atoms with E-state index in [-0.39, 0.29) is 25.9 Å². The molecule has 2 nitrogen and oxygen atoms in total. The number of hydrogen-bond donors (Lipinski definition) is 0. The number of halogens is 1. The van der Waals surface area contributed by atoms with Gasteiger partial charge in [-0.1, -0.05) is 15.9 Å². The van der Waals surface area contributed by atoms with Crippen LogP contribution in [0.2, 0.25) is 0 Å². The molecule has 4 heteroatoms. The van der Waals surface area contributed by atoms with E-state index in [0.29, 0.717) is 6.61 Å². The normalized spacial score (nSPS) is 8.85. The van der Waals surface area contributed by atoms with Crippen molar-refractivity contribution in [3.63, 3.8) is 0 Å². The Morgan fingerprint density at radius 1 is 1.38 bits per heavy atom. The maximum atomic E-state index is 5.35. The van der Waals surface area contributed by atoms with Gasteiger partial charge in [-0.3, -0.25) is 0 Å². The number of rotatable bonds is 3. The van der Waals surface area contributed by atoms with Gasteiger partial charge in [0.25, 0.3) is 0 Å². The van der Waals surface area contributed by atoms with Gasteiger partial charge in [0.15, 0.2) is 11.5 Å². The van der Waals surface area contributed by atoms with Crippen molar-refractivity contribution in [3.8, 4) is 11.5 Å². The third-order valence-corrected chi connectivity index (χ3v) is 1.92. The summed E-state index contributed by atoms with van der Waals surface area (Å²) in [6, 6.07) is 5.68. The fourth-order valence-electron chi connectivity index (χ4n) is 0.919. The standard InChI is InChI=1S/C9H11BrO2.Mg.2H/c1-3-12-9-6-7(10)4-5-8(9)11-2;;;/h4-6H,3H2,1-2H3;;;/q;+2;2*-1. The molecule has 0 atom stereocenters. The van der Waals surface area contributed by atoms with Crippen LogP contribution in [0, 0.1) is 0 Å². The molecule has 0 saturated carbocycles. The van der Waals surface area contributed by atoms with E-state index in [2.05, 4.69) is 15.9 Å². The zero-order chi connectivity index (χ0) is 8.97. The largest absolute Gasteiger partial charge is 2.00 e. The third-order valence-electron chi connectivity index (χ3n) is 1.43. The fourth-order valence-corrected chi connectivity index (χ4v) is 1.26. The maximum Gasteiger partial charge on any atom is 2.00 e. The van der Waals surface area contributed by atoms with Gasteiger partial charge in [0.05, 0.1) is 13.7 Å². The van der Waals surface area contributed by atoms with Crippen LogP contribution in [0.1, 0.15) is 9.78 Å². The van der Waals surface area contributed by atoms with Crippen molar-refractivity contribution in [2.75, 3.05) is 13.7 Å². The van der Waals surface area contributed by atoms with Crippen LogP contribution in [-0.4, -0.2) is 36.8 Å². The Hall–Kier alpha value is 0.0662. The van der Waals surface area contributed by atoms with Gasteiger partial charge >= 0.3 is 23.1 Å². The Kier molecular flexibility index (Phi) is 6.54. The monoisotopic (exact) mass is 256 g/mol. The zero-order valence-electron chi connectivity index (χ0n) is 9.84. The SMILES string of the molecule is CCOc1cc(Br)ccc1OC.[H-].[H-].[Mg+2]. The van der Waals surface area contributed by atoms with Crippen LogP contribution in [0.3, 0.4) is 0 Å². The number of hydrogen-bond acceptors (Lipinski definition) is 2. The van der Waals surface area contributed by atoms with E-state index in [0.717, 1.165) is 16.0 Å². The minimum Gasteiger partial charge on any atom is -1.00 e. The summed E-state index contributed by atoms with van der Waals surface area (Å²) in [6.45, 7) is 2.59. The van der Waals surface area contributed by atoms with Crippen LogP contribution in [0.4, 0.5) is 0 Å². The van der Waals surface area contributed by atoms with Gasteiger partial charge in [-0.2, -0.15) is 0 Å². The Balaban J connectivity index is -0.000000480. The molecule has 0 heterocycles. The van der Waals surface area contributed by atoms with Crippen LogP contribution in [0.15, 0.2) is 22.7 Å². The van der Waals surface area contributed by atoms with E-state index < -0.39 is 0 Å². The molecule has 1 aromatic carbocycles. The first-order chi connectivity index (χ1) is 5.77. The molecule has 0 spiro atoms. The average molecular weight is 257 g/mol. The van der Waals surface area contributed by atoms with Crippen LogP contribution in [0.5, 0.6) is 11.5 Å². The van der Waals surface area contributed by atoms with E-state index in [1.807, 2.05) is 25.1 Å². The average Bonchev–Trinajstić information content (AvgIpc) is 2.05. The molecular formula is C9H13BrMgO2. The minimum absolute atomic E-state index is 0. The smallest absolute Gasteiger partial charge is 1.00 e. The predicted octanol–water partition coefficient (Wildman–Crippen LogP) is 2.70. The summed E-state index contributed by atoms with van der Waals surface area (Å²) in [7, 11) is 1.63. The molecular weight excluding hydrogens is 244 g/mol. The molecule has 0 aliphatic heterocycles. The molecule has 0 unspecified atom stereocenters. The maximum absolute atomic E-state index is 5.35. The van der Waals surface area contributed by atoms with E-state index in [1.165, 1.54) is 0 Å². The Morgan fingerprint density at radius 3 is 2.62 bits per heavy atom. The van der Waals surface area contributed by atoms with Crippen LogP contribution >= 0.6 is 15.9 Å². The molecule has 70 valence electrons. The number of methoxy groups -OCH3 is 1. The summed E-state index contributed by atoms with van der Waals surface area (Å²) in [6.07, 6.45) is 0. The van der Waals surface area contributed by atoms with Gasteiger partial charge in [0.2, 0.25) is 0 Å². The summed E-state index contributed by atoms with van der Waals surface area (Å²) in [5.41, 5.74) is 0. The third kappa shape index (κ3) is 3.75. The first-order valence-corrected chi connectivity index (χ1v) is 4.53. The second-order valence-corrected chi connectivity index (χ2v) is 3.14. The Bertz CT molecular complexity index is 274. The zero-order valence-corrected chi connectivity index (χ0v) is 10.8. The van der Waals surface area contributed by atoms with Gasteiger partial charge < -0.3 is 12.3 Å². The topological polar surface area (TPSA) is 18.5 Å². The first kappa shape index (κ1) is 13.1. The number of benzene rings is 1. The Morgan fingerprint density at radius 2 is 2.08 bits per heavy atom. The fraction of sp³-hybridized carbons (Fsp3) is 0.333. The van der Waals surface area contributed by atoms with Gasteiger partial charge in [-0.25, -0.2) is 0 Å². The molecule has 0 aromatic heterocycles.